The van der Waals surface area contributed by atoms with Gasteiger partial charge in [-0.1, -0.05) is 37.3 Å². The number of aromatic nitrogens is 1. The Morgan fingerprint density at radius 1 is 1.19 bits per heavy atom. The molecule has 3 heteroatoms. The maximum atomic E-state index is 10.7. The number of hydrogen-bond donors (Lipinski definition) is 1. The van der Waals surface area contributed by atoms with E-state index in [9.17, 15) is 5.11 Å². The fourth-order valence-corrected chi connectivity index (χ4v) is 3.37. The van der Waals surface area contributed by atoms with E-state index in [1.165, 1.54) is 11.1 Å². The van der Waals surface area contributed by atoms with E-state index in [-0.39, 0.29) is 6.04 Å². The molecule has 0 aliphatic heterocycles. The molecule has 1 aliphatic rings. The lowest BCUT2D eigenvalue weighted by molar-refractivity contribution is 0.0410. The molecule has 1 aromatic carbocycles. The van der Waals surface area contributed by atoms with Crippen LogP contribution in [0.2, 0.25) is 0 Å². The van der Waals surface area contributed by atoms with Crippen LogP contribution in [-0.4, -0.2) is 28.1 Å². The molecule has 3 rings (SSSR count). The summed E-state index contributed by atoms with van der Waals surface area (Å²) in [5.74, 6) is 0.478. The van der Waals surface area contributed by atoms with Crippen LogP contribution in [-0.2, 0) is 6.54 Å². The smallest absolute Gasteiger partial charge is 0.0948 e. The van der Waals surface area contributed by atoms with Crippen molar-refractivity contribution in [3.8, 4) is 0 Å². The van der Waals surface area contributed by atoms with Crippen LogP contribution in [0.25, 0.3) is 0 Å². The van der Waals surface area contributed by atoms with Crippen LogP contribution >= 0.6 is 0 Å². The Balaban J connectivity index is 1.80. The van der Waals surface area contributed by atoms with Gasteiger partial charge >= 0.3 is 0 Å². The van der Waals surface area contributed by atoms with Crippen LogP contribution in [0.4, 0.5) is 0 Å². The third kappa shape index (κ3) is 2.85. The largest absolute Gasteiger partial charge is 0.387 e. The van der Waals surface area contributed by atoms with Crippen molar-refractivity contribution < 1.29 is 5.11 Å². The quantitative estimate of drug-likeness (QED) is 0.939. The number of aliphatic hydroxyl groups excluding tert-OH is 1. The number of rotatable bonds is 3. The summed E-state index contributed by atoms with van der Waals surface area (Å²) in [6.07, 6.45) is 4.24. The van der Waals surface area contributed by atoms with Crippen LogP contribution in [0, 0.1) is 0 Å². The Morgan fingerprint density at radius 2 is 1.95 bits per heavy atom. The second-order valence-corrected chi connectivity index (χ2v) is 6.05. The molecule has 21 heavy (non-hydrogen) atoms. The lowest BCUT2D eigenvalue weighted by Crippen LogP contribution is -2.40. The Morgan fingerprint density at radius 3 is 2.67 bits per heavy atom. The van der Waals surface area contributed by atoms with Crippen molar-refractivity contribution in [1.29, 1.82) is 0 Å². The van der Waals surface area contributed by atoms with E-state index in [0.717, 1.165) is 18.5 Å². The first-order valence-corrected chi connectivity index (χ1v) is 7.53. The van der Waals surface area contributed by atoms with E-state index >= 15 is 0 Å². The average molecular weight is 282 g/mol. The van der Waals surface area contributed by atoms with Crippen LogP contribution < -0.4 is 0 Å². The normalized spacial score (nSPS) is 24.9. The minimum atomic E-state index is -0.418. The molecule has 1 aliphatic carbocycles. The predicted molar refractivity (Wildman–Crippen MR) is 83.9 cm³/mol. The first-order valence-electron chi connectivity index (χ1n) is 7.53. The number of nitrogens with zero attached hydrogens (tertiary/aromatic N) is 2. The average Bonchev–Trinajstić information content (AvgIpc) is 2.52. The van der Waals surface area contributed by atoms with E-state index < -0.39 is 6.10 Å². The number of likely N-dealkylation sites (N-methyl/N-ethyl adjacent to an activating group) is 1. The molecule has 3 unspecified atom stereocenters. The summed E-state index contributed by atoms with van der Waals surface area (Å²) in [4.78, 5) is 6.41. The van der Waals surface area contributed by atoms with Gasteiger partial charge in [-0.2, -0.15) is 0 Å². The molecule has 2 aromatic rings. The lowest BCUT2D eigenvalue weighted by atomic mass is 9.79. The van der Waals surface area contributed by atoms with E-state index in [1.807, 2.05) is 18.3 Å². The molecule has 0 saturated carbocycles. The van der Waals surface area contributed by atoms with Gasteiger partial charge in [-0.25, -0.2) is 0 Å². The maximum absolute atomic E-state index is 10.7. The highest BCUT2D eigenvalue weighted by atomic mass is 16.3. The van der Waals surface area contributed by atoms with Crippen LogP contribution in [0.1, 0.15) is 42.1 Å². The Bertz CT molecular complexity index is 599. The zero-order valence-electron chi connectivity index (χ0n) is 12.6. The van der Waals surface area contributed by atoms with Gasteiger partial charge < -0.3 is 5.11 Å². The Kier molecular flexibility index (Phi) is 4.04. The van der Waals surface area contributed by atoms with E-state index in [1.54, 1.807) is 6.20 Å². The van der Waals surface area contributed by atoms with Gasteiger partial charge in [-0.15, -0.1) is 0 Å². The lowest BCUT2D eigenvalue weighted by Gasteiger charge is -2.39. The van der Waals surface area contributed by atoms with Crippen molar-refractivity contribution in [2.45, 2.75) is 38.0 Å². The van der Waals surface area contributed by atoms with Crippen molar-refractivity contribution >= 4 is 0 Å². The highest BCUT2D eigenvalue weighted by molar-refractivity contribution is 5.35. The van der Waals surface area contributed by atoms with Crippen molar-refractivity contribution in [2.75, 3.05) is 7.05 Å². The van der Waals surface area contributed by atoms with Crippen LogP contribution in [0.3, 0.4) is 0 Å². The monoisotopic (exact) mass is 282 g/mol. The van der Waals surface area contributed by atoms with Gasteiger partial charge in [-0.05, 0) is 42.1 Å². The summed E-state index contributed by atoms with van der Waals surface area (Å²) >= 11 is 0. The molecule has 0 radical (unpaired) electrons. The fourth-order valence-electron chi connectivity index (χ4n) is 3.37. The maximum Gasteiger partial charge on any atom is 0.0948 e. The molecule has 1 aromatic heterocycles. The molecule has 1 heterocycles. The van der Waals surface area contributed by atoms with Gasteiger partial charge in [0.2, 0.25) is 0 Å². The summed E-state index contributed by atoms with van der Waals surface area (Å²) in [7, 11) is 2.08. The molecule has 3 atom stereocenters. The van der Waals surface area contributed by atoms with E-state index in [4.69, 9.17) is 0 Å². The third-order valence-corrected chi connectivity index (χ3v) is 4.53. The zero-order chi connectivity index (χ0) is 14.8. The molecule has 0 amide bonds. The molecule has 0 fully saturated rings. The van der Waals surface area contributed by atoms with Crippen molar-refractivity contribution in [1.82, 2.24) is 9.88 Å². The molecule has 0 spiro atoms. The highest BCUT2D eigenvalue weighted by Crippen LogP contribution is 2.39. The second-order valence-electron chi connectivity index (χ2n) is 6.05. The molecule has 1 N–H and O–H groups in total. The summed E-state index contributed by atoms with van der Waals surface area (Å²) < 4.78 is 0. The Labute approximate surface area is 126 Å². The standard InChI is InChI=1S/C18H22N2O/c1-13-10-17(18(21)16-8-4-3-7-15(13)16)20(2)12-14-6-5-9-19-11-14/h3-9,11,13,17-18,21H,10,12H2,1-2H3. The van der Waals surface area contributed by atoms with Crippen molar-refractivity contribution in [2.24, 2.45) is 0 Å². The first kappa shape index (κ1) is 14.2. The highest BCUT2D eigenvalue weighted by Gasteiger charge is 2.33. The van der Waals surface area contributed by atoms with E-state index in [2.05, 4.69) is 48.1 Å². The van der Waals surface area contributed by atoms with Gasteiger partial charge in [0.25, 0.3) is 0 Å². The summed E-state index contributed by atoms with van der Waals surface area (Å²) in [6, 6.07) is 12.4. The van der Waals surface area contributed by atoms with Crippen molar-refractivity contribution in [3.63, 3.8) is 0 Å². The Hall–Kier alpha value is -1.71. The number of hydrogen-bond acceptors (Lipinski definition) is 3. The second kappa shape index (κ2) is 5.96. The number of fused-ring (bicyclic) bond motifs is 1. The van der Waals surface area contributed by atoms with Gasteiger partial charge in [0.15, 0.2) is 0 Å². The molecule has 0 saturated heterocycles. The van der Waals surface area contributed by atoms with E-state index in [0.29, 0.717) is 5.92 Å². The summed E-state index contributed by atoms with van der Waals surface area (Å²) in [6.45, 7) is 3.06. The topological polar surface area (TPSA) is 36.4 Å². The zero-order valence-corrected chi connectivity index (χ0v) is 12.6. The molecular weight excluding hydrogens is 260 g/mol. The van der Waals surface area contributed by atoms with Crippen molar-refractivity contribution in [3.05, 3.63) is 65.5 Å². The number of aliphatic hydroxyl groups is 1. The summed E-state index contributed by atoms with van der Waals surface area (Å²) in [5, 5.41) is 10.7. The van der Waals surface area contributed by atoms with Gasteiger partial charge in [0.05, 0.1) is 6.10 Å². The molecular formula is C18H22N2O. The third-order valence-electron chi connectivity index (χ3n) is 4.53. The minimum Gasteiger partial charge on any atom is -0.387 e. The van der Waals surface area contributed by atoms with Crippen LogP contribution in [0.15, 0.2) is 48.8 Å². The molecule has 0 bridgehead atoms. The predicted octanol–water partition coefficient (Wildman–Crippen LogP) is 3.12. The fraction of sp³-hybridized carbons (Fsp3) is 0.389. The minimum absolute atomic E-state index is 0.148. The van der Waals surface area contributed by atoms with Gasteiger partial charge in [0, 0.05) is 25.0 Å². The summed E-state index contributed by atoms with van der Waals surface area (Å²) in [5.41, 5.74) is 3.55. The van der Waals surface area contributed by atoms with Gasteiger partial charge in [0.1, 0.15) is 0 Å². The first-order chi connectivity index (χ1) is 10.2. The van der Waals surface area contributed by atoms with Crippen LogP contribution in [0.5, 0.6) is 0 Å². The number of benzene rings is 1. The SMILES string of the molecule is CC1CC(N(C)Cc2cccnc2)C(O)c2ccccc21. The molecule has 110 valence electrons. The van der Waals surface area contributed by atoms with Gasteiger partial charge in [-0.3, -0.25) is 9.88 Å². The molecule has 3 nitrogen and oxygen atoms in total. The number of pyridine rings is 1.